The molecular weight excluding hydrogens is 232 g/mol. The van der Waals surface area contributed by atoms with E-state index in [-0.39, 0.29) is 10.8 Å². The molecule has 2 heteroatoms. The highest BCUT2D eigenvalue weighted by atomic mass is 14.8. The highest BCUT2D eigenvalue weighted by Crippen LogP contribution is 2.36. The van der Waals surface area contributed by atoms with Crippen molar-refractivity contribution < 1.29 is 0 Å². The fraction of sp³-hybridized carbons (Fsp3) is 0.529. The van der Waals surface area contributed by atoms with E-state index in [1.54, 1.807) is 0 Å². The van der Waals surface area contributed by atoms with Crippen LogP contribution in [-0.4, -0.2) is 4.98 Å². The normalized spacial score (nSPS) is 13.2. The maximum Gasteiger partial charge on any atom is 0.0610 e. The number of aromatic nitrogens is 1. The summed E-state index contributed by atoms with van der Waals surface area (Å²) in [5.41, 5.74) is 11.1. The molecule has 2 rings (SSSR count). The third kappa shape index (κ3) is 2.36. The van der Waals surface area contributed by atoms with Gasteiger partial charge in [-0.1, -0.05) is 47.6 Å². The number of rotatable bonds is 2. The van der Waals surface area contributed by atoms with Gasteiger partial charge in [0.1, 0.15) is 0 Å². The summed E-state index contributed by atoms with van der Waals surface area (Å²) in [6.45, 7) is 13.3. The van der Waals surface area contributed by atoms with Crippen LogP contribution in [0.5, 0.6) is 0 Å². The van der Waals surface area contributed by atoms with Crippen LogP contribution < -0.4 is 5.73 Å². The molecule has 0 aliphatic carbocycles. The van der Waals surface area contributed by atoms with Crippen molar-refractivity contribution in [1.29, 1.82) is 0 Å². The van der Waals surface area contributed by atoms with Crippen LogP contribution >= 0.6 is 0 Å². The molecule has 1 aromatic carbocycles. The quantitative estimate of drug-likeness (QED) is 0.803. The molecule has 0 fully saturated rings. The van der Waals surface area contributed by atoms with E-state index in [2.05, 4.69) is 64.7 Å². The van der Waals surface area contributed by atoms with E-state index >= 15 is 0 Å². The van der Waals surface area contributed by atoms with E-state index in [1.165, 1.54) is 5.56 Å². The summed E-state index contributed by atoms with van der Waals surface area (Å²) in [6.07, 6.45) is 1.12. The molecule has 0 spiro atoms. The van der Waals surface area contributed by atoms with Gasteiger partial charge in [0.15, 0.2) is 0 Å². The maximum absolute atomic E-state index is 6.35. The fourth-order valence-corrected chi connectivity index (χ4v) is 2.43. The second-order valence-corrected chi connectivity index (χ2v) is 7.16. The van der Waals surface area contributed by atoms with Crippen molar-refractivity contribution in [3.05, 3.63) is 29.5 Å². The predicted octanol–water partition coefficient (Wildman–Crippen LogP) is 4.74. The summed E-state index contributed by atoms with van der Waals surface area (Å²) in [5.74, 6) is 0. The summed E-state index contributed by atoms with van der Waals surface area (Å²) in [4.78, 5) is 3.48. The molecule has 2 nitrogen and oxygen atoms in total. The van der Waals surface area contributed by atoms with Gasteiger partial charge in [-0.2, -0.15) is 0 Å². The van der Waals surface area contributed by atoms with Gasteiger partial charge in [-0.15, -0.1) is 0 Å². The predicted molar refractivity (Wildman–Crippen MR) is 84.7 cm³/mol. The van der Waals surface area contributed by atoms with Gasteiger partial charge < -0.3 is 10.7 Å². The van der Waals surface area contributed by atoms with Crippen LogP contribution in [0.1, 0.15) is 59.2 Å². The first kappa shape index (κ1) is 14.0. The molecule has 0 saturated heterocycles. The molecule has 3 N–H and O–H groups in total. The number of aromatic amines is 1. The van der Waals surface area contributed by atoms with Gasteiger partial charge in [-0.05, 0) is 29.5 Å². The van der Waals surface area contributed by atoms with Crippen LogP contribution in [-0.2, 0) is 10.8 Å². The molecule has 1 heterocycles. The number of nitrogens with one attached hydrogen (secondary N) is 1. The van der Waals surface area contributed by atoms with Crippen molar-refractivity contribution in [2.75, 3.05) is 5.73 Å². The minimum atomic E-state index is 0.0452. The lowest BCUT2D eigenvalue weighted by Gasteiger charge is -2.23. The zero-order valence-electron chi connectivity index (χ0n) is 13.0. The second-order valence-electron chi connectivity index (χ2n) is 7.16. The van der Waals surface area contributed by atoms with Crippen LogP contribution in [0.25, 0.3) is 10.9 Å². The zero-order valence-corrected chi connectivity index (χ0v) is 13.0. The van der Waals surface area contributed by atoms with Gasteiger partial charge in [0.25, 0.3) is 0 Å². The van der Waals surface area contributed by atoms with Crippen molar-refractivity contribution in [3.63, 3.8) is 0 Å². The number of fused-ring (bicyclic) bond motifs is 1. The minimum Gasteiger partial charge on any atom is -0.397 e. The van der Waals surface area contributed by atoms with Crippen molar-refractivity contribution >= 4 is 16.6 Å². The first-order valence-corrected chi connectivity index (χ1v) is 7.09. The Labute approximate surface area is 116 Å². The fourth-order valence-electron chi connectivity index (χ4n) is 2.43. The number of H-pyrrole nitrogens is 1. The third-order valence-electron chi connectivity index (χ3n) is 4.25. The number of nitrogens with two attached hydrogens (primary N) is 1. The Kier molecular flexibility index (Phi) is 3.16. The van der Waals surface area contributed by atoms with Gasteiger partial charge in [0.05, 0.1) is 5.69 Å². The molecule has 0 aliphatic heterocycles. The van der Waals surface area contributed by atoms with Crippen molar-refractivity contribution in [3.8, 4) is 0 Å². The number of benzene rings is 1. The maximum atomic E-state index is 6.35. The summed E-state index contributed by atoms with van der Waals surface area (Å²) in [5, 5.41) is 1.16. The smallest absolute Gasteiger partial charge is 0.0610 e. The molecule has 0 atom stereocenters. The molecular formula is C17H26N2. The number of anilines is 1. The Balaban J connectivity index is 2.65. The van der Waals surface area contributed by atoms with Crippen LogP contribution in [0.4, 0.5) is 5.69 Å². The largest absolute Gasteiger partial charge is 0.397 e. The first-order valence-electron chi connectivity index (χ1n) is 7.09. The molecule has 19 heavy (non-hydrogen) atoms. The molecule has 0 saturated carbocycles. The summed E-state index contributed by atoms with van der Waals surface area (Å²) < 4.78 is 0. The molecule has 0 radical (unpaired) electrons. The second kappa shape index (κ2) is 4.29. The monoisotopic (exact) mass is 258 g/mol. The molecule has 0 bridgehead atoms. The van der Waals surface area contributed by atoms with E-state index in [9.17, 15) is 0 Å². The van der Waals surface area contributed by atoms with E-state index in [0.717, 1.165) is 28.7 Å². The van der Waals surface area contributed by atoms with Gasteiger partial charge in [-0.25, -0.2) is 0 Å². The number of nitrogen functional groups attached to an aromatic ring is 1. The molecule has 0 aliphatic rings. The standard InChI is InChI=1S/C17H26N2/c1-7-17(5,6)11-8-9-13-12(10-11)14(18)15(19-13)16(2,3)4/h8-10,19H,7,18H2,1-6H3. The van der Waals surface area contributed by atoms with Gasteiger partial charge in [-0.3, -0.25) is 0 Å². The molecule has 0 unspecified atom stereocenters. The molecule has 104 valence electrons. The van der Waals surface area contributed by atoms with Crippen LogP contribution in [0, 0.1) is 0 Å². The summed E-state index contributed by atoms with van der Waals surface area (Å²) in [7, 11) is 0. The van der Waals surface area contributed by atoms with Crippen molar-refractivity contribution in [1.82, 2.24) is 4.98 Å². The van der Waals surface area contributed by atoms with Crippen LogP contribution in [0.15, 0.2) is 18.2 Å². The Morgan fingerprint density at radius 2 is 1.74 bits per heavy atom. The lowest BCUT2D eigenvalue weighted by Crippen LogP contribution is -2.15. The lowest BCUT2D eigenvalue weighted by atomic mass is 9.82. The number of hydrogen-bond donors (Lipinski definition) is 2. The molecule has 0 amide bonds. The van der Waals surface area contributed by atoms with E-state index in [0.29, 0.717) is 0 Å². The Morgan fingerprint density at radius 3 is 2.26 bits per heavy atom. The number of hydrogen-bond acceptors (Lipinski definition) is 1. The van der Waals surface area contributed by atoms with Gasteiger partial charge in [0, 0.05) is 22.0 Å². The highest BCUT2D eigenvalue weighted by molar-refractivity contribution is 5.94. The van der Waals surface area contributed by atoms with Gasteiger partial charge >= 0.3 is 0 Å². The molecule has 2 aromatic rings. The van der Waals surface area contributed by atoms with Crippen LogP contribution in [0.2, 0.25) is 0 Å². The SMILES string of the molecule is CCC(C)(C)c1ccc2[nH]c(C(C)(C)C)c(N)c2c1. The Morgan fingerprint density at radius 1 is 1.11 bits per heavy atom. The van der Waals surface area contributed by atoms with Crippen molar-refractivity contribution in [2.45, 2.75) is 58.8 Å². The lowest BCUT2D eigenvalue weighted by molar-refractivity contribution is 0.507. The van der Waals surface area contributed by atoms with Crippen molar-refractivity contribution in [2.24, 2.45) is 0 Å². The Bertz CT molecular complexity index is 597. The third-order valence-corrected chi connectivity index (χ3v) is 4.25. The summed E-state index contributed by atoms with van der Waals surface area (Å²) in [6, 6.07) is 6.63. The van der Waals surface area contributed by atoms with E-state index in [4.69, 9.17) is 5.73 Å². The molecule has 1 aromatic heterocycles. The first-order chi connectivity index (χ1) is 8.66. The zero-order chi connectivity index (χ0) is 14.4. The van der Waals surface area contributed by atoms with E-state index in [1.807, 2.05) is 0 Å². The highest BCUT2D eigenvalue weighted by Gasteiger charge is 2.23. The van der Waals surface area contributed by atoms with Crippen LogP contribution in [0.3, 0.4) is 0 Å². The average Bonchev–Trinajstić information content (AvgIpc) is 2.66. The average molecular weight is 258 g/mol. The minimum absolute atomic E-state index is 0.0452. The van der Waals surface area contributed by atoms with E-state index < -0.39 is 0 Å². The topological polar surface area (TPSA) is 41.8 Å². The van der Waals surface area contributed by atoms with Gasteiger partial charge in [0.2, 0.25) is 0 Å². The Hall–Kier alpha value is -1.44. The summed E-state index contributed by atoms with van der Waals surface area (Å²) >= 11 is 0.